The van der Waals surface area contributed by atoms with Crippen molar-refractivity contribution in [1.29, 1.82) is 0 Å². The van der Waals surface area contributed by atoms with Crippen molar-refractivity contribution in [1.82, 2.24) is 0 Å². The van der Waals surface area contributed by atoms with Gasteiger partial charge in [0.25, 0.3) is 15.9 Å². The van der Waals surface area contributed by atoms with Gasteiger partial charge in [-0.3, -0.25) is 9.10 Å². The molecule has 31 heavy (non-hydrogen) atoms. The van der Waals surface area contributed by atoms with Crippen molar-refractivity contribution in [3.05, 3.63) is 77.3 Å². The summed E-state index contributed by atoms with van der Waals surface area (Å²) in [6, 6.07) is 17.3. The lowest BCUT2D eigenvalue weighted by atomic mass is 10.2. The number of ether oxygens (including phenoxy) is 2. The number of benzene rings is 3. The van der Waals surface area contributed by atoms with Crippen LogP contribution in [0.25, 0.3) is 0 Å². The Balaban J connectivity index is 1.75. The van der Waals surface area contributed by atoms with Gasteiger partial charge in [-0.25, -0.2) is 8.42 Å². The van der Waals surface area contributed by atoms with Crippen molar-refractivity contribution in [3.63, 3.8) is 0 Å². The number of methoxy groups -OCH3 is 2. The summed E-state index contributed by atoms with van der Waals surface area (Å²) in [5.74, 6) is 0.716. The highest BCUT2D eigenvalue weighted by Crippen LogP contribution is 2.28. The molecule has 0 aliphatic carbocycles. The minimum absolute atomic E-state index is 0.133. The van der Waals surface area contributed by atoms with Crippen molar-refractivity contribution < 1.29 is 22.7 Å². The number of hydrogen-bond acceptors (Lipinski definition) is 5. The molecule has 0 unspecified atom stereocenters. The van der Waals surface area contributed by atoms with Crippen LogP contribution in [0.3, 0.4) is 0 Å². The molecule has 3 rings (SSSR count). The third-order valence-corrected chi connectivity index (χ3v) is 6.72. The van der Waals surface area contributed by atoms with E-state index in [1.807, 2.05) is 0 Å². The third-order valence-electron chi connectivity index (χ3n) is 4.62. The average molecular weight is 461 g/mol. The SMILES string of the molecule is COc1ccc(S(=O)(=O)N(C)c2ccc(C(=O)Nc3ccc(OC)c(Cl)c3)cc2)cc1. The number of anilines is 2. The van der Waals surface area contributed by atoms with Gasteiger partial charge in [-0.15, -0.1) is 0 Å². The lowest BCUT2D eigenvalue weighted by molar-refractivity contribution is 0.102. The summed E-state index contributed by atoms with van der Waals surface area (Å²) in [5.41, 5.74) is 1.30. The first-order chi connectivity index (χ1) is 14.8. The van der Waals surface area contributed by atoms with Crippen LogP contribution in [0.4, 0.5) is 11.4 Å². The van der Waals surface area contributed by atoms with Crippen molar-refractivity contribution in [3.8, 4) is 11.5 Å². The van der Waals surface area contributed by atoms with E-state index in [0.29, 0.717) is 33.5 Å². The minimum Gasteiger partial charge on any atom is -0.497 e. The first-order valence-corrected chi connectivity index (χ1v) is 11.0. The molecule has 3 aromatic carbocycles. The Labute approximate surface area is 186 Å². The number of carbonyl (C=O) groups is 1. The number of nitrogens with one attached hydrogen (secondary N) is 1. The molecule has 1 N–H and O–H groups in total. The Morgan fingerprint density at radius 1 is 0.935 bits per heavy atom. The number of sulfonamides is 1. The average Bonchev–Trinajstić information content (AvgIpc) is 2.78. The number of hydrogen-bond donors (Lipinski definition) is 1. The fraction of sp³-hybridized carbons (Fsp3) is 0.136. The fourth-order valence-electron chi connectivity index (χ4n) is 2.81. The van der Waals surface area contributed by atoms with E-state index in [4.69, 9.17) is 21.1 Å². The van der Waals surface area contributed by atoms with Crippen LogP contribution in [0.15, 0.2) is 71.6 Å². The maximum absolute atomic E-state index is 12.9. The summed E-state index contributed by atoms with van der Waals surface area (Å²) < 4.78 is 37.0. The summed E-state index contributed by atoms with van der Waals surface area (Å²) in [7, 11) is 0.710. The molecule has 1 amide bonds. The standard InChI is InChI=1S/C22H21ClN2O5S/c1-25(31(27,28)19-11-9-18(29-2)10-12-19)17-7-4-15(5-8-17)22(26)24-16-6-13-21(30-3)20(23)14-16/h4-14H,1-3H3,(H,24,26). The van der Waals surface area contributed by atoms with Gasteiger partial charge in [-0.05, 0) is 66.7 Å². The molecule has 0 bridgehead atoms. The van der Waals surface area contributed by atoms with Crippen LogP contribution >= 0.6 is 11.6 Å². The van der Waals surface area contributed by atoms with Crippen LogP contribution in [-0.4, -0.2) is 35.6 Å². The van der Waals surface area contributed by atoms with Crippen LogP contribution in [0.1, 0.15) is 10.4 Å². The number of amides is 1. The van der Waals surface area contributed by atoms with E-state index in [-0.39, 0.29) is 10.8 Å². The van der Waals surface area contributed by atoms with Crippen LogP contribution in [-0.2, 0) is 10.0 Å². The van der Waals surface area contributed by atoms with Gasteiger partial charge in [0.05, 0.1) is 29.8 Å². The maximum atomic E-state index is 12.9. The normalized spacial score (nSPS) is 11.0. The van der Waals surface area contributed by atoms with Crippen LogP contribution < -0.4 is 19.1 Å². The predicted molar refractivity (Wildman–Crippen MR) is 121 cm³/mol. The molecule has 0 aliphatic rings. The van der Waals surface area contributed by atoms with E-state index in [2.05, 4.69) is 5.32 Å². The van der Waals surface area contributed by atoms with Crippen molar-refractivity contribution in [2.75, 3.05) is 30.9 Å². The Morgan fingerprint density at radius 2 is 1.58 bits per heavy atom. The molecule has 3 aromatic rings. The summed E-state index contributed by atoms with van der Waals surface area (Å²) in [6.07, 6.45) is 0. The van der Waals surface area contributed by atoms with Crippen molar-refractivity contribution in [2.24, 2.45) is 0 Å². The minimum atomic E-state index is -3.76. The first-order valence-electron chi connectivity index (χ1n) is 9.14. The quantitative estimate of drug-likeness (QED) is 0.563. The van der Waals surface area contributed by atoms with E-state index in [1.165, 1.54) is 33.4 Å². The van der Waals surface area contributed by atoms with E-state index in [9.17, 15) is 13.2 Å². The summed E-state index contributed by atoms with van der Waals surface area (Å²) >= 11 is 6.08. The molecule has 0 aromatic heterocycles. The van der Waals surface area contributed by atoms with Gasteiger partial charge < -0.3 is 14.8 Å². The predicted octanol–water partition coefficient (Wildman–Crippen LogP) is 4.43. The Kier molecular flexibility index (Phi) is 6.72. The highest BCUT2D eigenvalue weighted by atomic mass is 35.5. The maximum Gasteiger partial charge on any atom is 0.264 e. The summed E-state index contributed by atoms with van der Waals surface area (Å²) in [5, 5.41) is 3.12. The monoisotopic (exact) mass is 460 g/mol. The second-order valence-electron chi connectivity index (χ2n) is 6.50. The highest BCUT2D eigenvalue weighted by molar-refractivity contribution is 7.92. The molecular weight excluding hydrogens is 440 g/mol. The molecule has 0 aliphatic heterocycles. The molecule has 0 saturated carbocycles. The first kappa shape index (κ1) is 22.5. The number of rotatable bonds is 7. The van der Waals surface area contributed by atoms with Gasteiger partial charge in [0.1, 0.15) is 11.5 Å². The Hall–Kier alpha value is -3.23. The molecule has 0 atom stereocenters. The topological polar surface area (TPSA) is 84.9 Å². The zero-order valence-electron chi connectivity index (χ0n) is 17.1. The van der Waals surface area contributed by atoms with Gasteiger partial charge in [-0.2, -0.15) is 0 Å². The van der Waals surface area contributed by atoms with E-state index >= 15 is 0 Å². The van der Waals surface area contributed by atoms with Crippen molar-refractivity contribution in [2.45, 2.75) is 4.90 Å². The number of carbonyl (C=O) groups excluding carboxylic acids is 1. The van der Waals surface area contributed by atoms with Crippen LogP contribution in [0, 0.1) is 0 Å². The Morgan fingerprint density at radius 3 is 2.13 bits per heavy atom. The third kappa shape index (κ3) is 4.92. The fourth-order valence-corrected chi connectivity index (χ4v) is 4.27. The van der Waals surface area contributed by atoms with Gasteiger partial charge in [0.15, 0.2) is 0 Å². The molecule has 0 spiro atoms. The molecule has 0 fully saturated rings. The van der Waals surface area contributed by atoms with Crippen LogP contribution in [0.2, 0.25) is 5.02 Å². The largest absolute Gasteiger partial charge is 0.497 e. The molecule has 7 nitrogen and oxygen atoms in total. The molecule has 9 heteroatoms. The van der Waals surface area contributed by atoms with Crippen molar-refractivity contribution >= 4 is 38.9 Å². The van der Waals surface area contributed by atoms with E-state index < -0.39 is 10.0 Å². The molecule has 162 valence electrons. The van der Waals surface area contributed by atoms with E-state index in [0.717, 1.165) is 4.31 Å². The van der Waals surface area contributed by atoms with Gasteiger partial charge in [-0.1, -0.05) is 11.6 Å². The lowest BCUT2D eigenvalue weighted by Crippen LogP contribution is -2.26. The summed E-state index contributed by atoms with van der Waals surface area (Å²) in [6.45, 7) is 0. The van der Waals surface area contributed by atoms with Crippen LogP contribution in [0.5, 0.6) is 11.5 Å². The smallest absolute Gasteiger partial charge is 0.264 e. The number of nitrogens with zero attached hydrogens (tertiary/aromatic N) is 1. The molecule has 0 saturated heterocycles. The molecule has 0 radical (unpaired) electrons. The second-order valence-corrected chi connectivity index (χ2v) is 8.87. The molecular formula is C22H21ClN2O5S. The number of halogens is 1. The van der Waals surface area contributed by atoms with E-state index in [1.54, 1.807) is 54.6 Å². The summed E-state index contributed by atoms with van der Waals surface area (Å²) in [4.78, 5) is 12.6. The van der Waals surface area contributed by atoms with Gasteiger partial charge >= 0.3 is 0 Å². The van der Waals surface area contributed by atoms with Gasteiger partial charge in [0, 0.05) is 18.3 Å². The Bertz CT molecular complexity index is 1180. The highest BCUT2D eigenvalue weighted by Gasteiger charge is 2.21. The second kappa shape index (κ2) is 9.28. The zero-order chi connectivity index (χ0) is 22.6. The zero-order valence-corrected chi connectivity index (χ0v) is 18.7. The molecule has 0 heterocycles. The lowest BCUT2D eigenvalue weighted by Gasteiger charge is -2.20. The van der Waals surface area contributed by atoms with Gasteiger partial charge in [0.2, 0.25) is 0 Å².